The van der Waals surface area contributed by atoms with Gasteiger partial charge in [0.2, 0.25) is 5.91 Å². The Labute approximate surface area is 134 Å². The number of hydrogen-bond donors (Lipinski definition) is 3. The van der Waals surface area contributed by atoms with Gasteiger partial charge in [0, 0.05) is 32.1 Å². The number of carbonyl (C=O) groups is 2. The van der Waals surface area contributed by atoms with Gasteiger partial charge in [-0.05, 0) is 19.3 Å². The average molecular weight is 333 g/mol. The minimum Gasteiger partial charge on any atom is -0.370 e. The Morgan fingerprint density at radius 1 is 1.17 bits per heavy atom. The summed E-state index contributed by atoms with van der Waals surface area (Å²) in [6.45, 7) is 0.427. The molecule has 7 nitrogen and oxygen atoms in total. The number of nitrogens with two attached hydrogens (primary N) is 3. The minimum absolute atomic E-state index is 0.194. The molecule has 2 aliphatic heterocycles. The van der Waals surface area contributed by atoms with Crippen LogP contribution in [0.5, 0.6) is 0 Å². The molecule has 2 amide bonds. The van der Waals surface area contributed by atoms with Gasteiger partial charge in [-0.15, -0.1) is 0 Å². The second-order valence-electron chi connectivity index (χ2n) is 6.55. The molecule has 0 aliphatic carbocycles. The highest BCUT2D eigenvalue weighted by molar-refractivity contribution is 5.90. The minimum atomic E-state index is -2.92. The predicted molar refractivity (Wildman–Crippen MR) is 80.3 cm³/mol. The summed E-state index contributed by atoms with van der Waals surface area (Å²) >= 11 is 0. The molecule has 2 heterocycles. The molecule has 9 heteroatoms. The topological polar surface area (TPSA) is 119 Å². The van der Waals surface area contributed by atoms with Crippen molar-refractivity contribution < 1.29 is 18.4 Å². The fourth-order valence-electron chi connectivity index (χ4n) is 3.69. The molecule has 0 aromatic rings. The molecule has 0 saturated carbocycles. The molecule has 0 aromatic carbocycles. The zero-order valence-electron chi connectivity index (χ0n) is 13.1. The van der Waals surface area contributed by atoms with Crippen LogP contribution in [0.15, 0.2) is 0 Å². The molecular formula is C14H25F2N5O2. The van der Waals surface area contributed by atoms with E-state index in [1.165, 1.54) is 4.90 Å². The number of hydrogen-bond acceptors (Lipinski definition) is 5. The highest BCUT2D eigenvalue weighted by Gasteiger charge is 2.53. The highest BCUT2D eigenvalue weighted by atomic mass is 19.3. The lowest BCUT2D eigenvalue weighted by Gasteiger charge is -2.52. The Morgan fingerprint density at radius 2 is 1.83 bits per heavy atom. The summed E-state index contributed by atoms with van der Waals surface area (Å²) in [6, 6.07) is -0.194. The zero-order chi connectivity index (χ0) is 17.3. The van der Waals surface area contributed by atoms with E-state index in [0.29, 0.717) is 19.5 Å². The Kier molecular flexibility index (Phi) is 5.22. The molecule has 2 saturated heterocycles. The molecule has 0 aromatic heterocycles. The molecule has 2 unspecified atom stereocenters. The molecular weight excluding hydrogens is 308 g/mol. The van der Waals surface area contributed by atoms with Crippen LogP contribution in [0.4, 0.5) is 8.78 Å². The fourth-order valence-corrected chi connectivity index (χ4v) is 3.69. The molecule has 23 heavy (non-hydrogen) atoms. The zero-order valence-corrected chi connectivity index (χ0v) is 13.1. The summed E-state index contributed by atoms with van der Waals surface area (Å²) in [5.74, 6) is -4.51. The SMILES string of the molecule is NC(=O)CC(C(N)=O)(N1CCCC(N)C1)N1CCCC(F)(F)C1. The number of alkyl halides is 2. The normalized spacial score (nSPS) is 28.9. The number of carbonyl (C=O) groups excluding carboxylic acids is 2. The maximum atomic E-state index is 13.9. The fraction of sp³-hybridized carbons (Fsp3) is 0.857. The van der Waals surface area contributed by atoms with Gasteiger partial charge in [-0.1, -0.05) is 0 Å². The number of halogens is 2. The van der Waals surface area contributed by atoms with Crippen LogP contribution in [0.25, 0.3) is 0 Å². The van der Waals surface area contributed by atoms with Gasteiger partial charge < -0.3 is 17.2 Å². The monoisotopic (exact) mass is 333 g/mol. The van der Waals surface area contributed by atoms with Crippen LogP contribution in [0.1, 0.15) is 32.1 Å². The van der Waals surface area contributed by atoms with Gasteiger partial charge >= 0.3 is 0 Å². The second kappa shape index (κ2) is 6.66. The van der Waals surface area contributed by atoms with Crippen molar-refractivity contribution in [2.45, 2.75) is 49.7 Å². The standard InChI is InChI=1S/C14H25F2N5O2/c15-13(16)4-2-6-21(9-13)14(12(19)23,7-11(18)22)20-5-1-3-10(17)8-20/h10H,1-9,17H2,(H2,18,22)(H2,19,23). The van der Waals surface area contributed by atoms with E-state index >= 15 is 0 Å². The van der Waals surface area contributed by atoms with Gasteiger partial charge in [0.15, 0.2) is 5.66 Å². The van der Waals surface area contributed by atoms with E-state index in [2.05, 4.69) is 0 Å². The van der Waals surface area contributed by atoms with Crippen molar-refractivity contribution >= 4 is 11.8 Å². The van der Waals surface area contributed by atoms with Crippen LogP contribution in [0, 0.1) is 0 Å². The van der Waals surface area contributed by atoms with Gasteiger partial charge in [-0.2, -0.15) is 0 Å². The molecule has 6 N–H and O–H groups in total. The number of primary amides is 2. The first-order chi connectivity index (χ1) is 10.7. The van der Waals surface area contributed by atoms with Gasteiger partial charge in [-0.3, -0.25) is 19.4 Å². The molecule has 2 aliphatic rings. The third kappa shape index (κ3) is 3.78. The Bertz CT molecular complexity index is 476. The van der Waals surface area contributed by atoms with Crippen LogP contribution in [-0.2, 0) is 9.59 Å². The van der Waals surface area contributed by atoms with Crippen molar-refractivity contribution in [1.29, 1.82) is 0 Å². The Balaban J connectivity index is 2.39. The van der Waals surface area contributed by atoms with E-state index in [-0.39, 0.29) is 25.4 Å². The molecule has 0 spiro atoms. The Morgan fingerprint density at radius 3 is 2.35 bits per heavy atom. The molecule has 0 radical (unpaired) electrons. The second-order valence-corrected chi connectivity index (χ2v) is 6.55. The summed E-state index contributed by atoms with van der Waals surface area (Å²) in [4.78, 5) is 26.9. The highest BCUT2D eigenvalue weighted by Crippen LogP contribution is 2.35. The van der Waals surface area contributed by atoms with Gasteiger partial charge in [-0.25, -0.2) is 8.78 Å². The van der Waals surface area contributed by atoms with Crippen molar-refractivity contribution in [1.82, 2.24) is 9.80 Å². The van der Waals surface area contributed by atoms with Gasteiger partial charge in [0.1, 0.15) is 0 Å². The van der Waals surface area contributed by atoms with Crippen molar-refractivity contribution in [3.05, 3.63) is 0 Å². The van der Waals surface area contributed by atoms with Gasteiger partial charge in [0.05, 0.1) is 13.0 Å². The van der Waals surface area contributed by atoms with E-state index in [9.17, 15) is 18.4 Å². The summed E-state index contributed by atoms with van der Waals surface area (Å²) in [5, 5.41) is 0. The first-order valence-corrected chi connectivity index (χ1v) is 7.89. The third-order valence-corrected chi connectivity index (χ3v) is 4.71. The smallest absolute Gasteiger partial charge is 0.260 e. The number of amides is 2. The molecule has 0 bridgehead atoms. The molecule has 2 atom stereocenters. The summed E-state index contributed by atoms with van der Waals surface area (Å²) in [5.41, 5.74) is 15.2. The van der Waals surface area contributed by atoms with Crippen LogP contribution in [0.2, 0.25) is 0 Å². The number of rotatable bonds is 5. The van der Waals surface area contributed by atoms with E-state index in [1.807, 2.05) is 0 Å². The maximum absolute atomic E-state index is 13.9. The number of piperidine rings is 2. The van der Waals surface area contributed by atoms with E-state index in [4.69, 9.17) is 17.2 Å². The van der Waals surface area contributed by atoms with Crippen molar-refractivity contribution in [2.24, 2.45) is 17.2 Å². The summed E-state index contributed by atoms with van der Waals surface area (Å²) in [7, 11) is 0. The quantitative estimate of drug-likeness (QED) is 0.608. The van der Waals surface area contributed by atoms with Crippen LogP contribution in [-0.4, -0.2) is 65.4 Å². The van der Waals surface area contributed by atoms with Crippen molar-refractivity contribution in [3.8, 4) is 0 Å². The first-order valence-electron chi connectivity index (χ1n) is 7.89. The van der Waals surface area contributed by atoms with Crippen molar-refractivity contribution in [3.63, 3.8) is 0 Å². The van der Waals surface area contributed by atoms with Crippen molar-refractivity contribution in [2.75, 3.05) is 26.2 Å². The van der Waals surface area contributed by atoms with E-state index in [1.54, 1.807) is 4.90 Å². The van der Waals surface area contributed by atoms with Gasteiger partial charge in [0.25, 0.3) is 11.8 Å². The molecule has 2 fully saturated rings. The van der Waals surface area contributed by atoms with Crippen LogP contribution < -0.4 is 17.2 Å². The van der Waals surface area contributed by atoms with Crippen LogP contribution in [0.3, 0.4) is 0 Å². The lowest BCUT2D eigenvalue weighted by atomic mass is 9.92. The van der Waals surface area contributed by atoms with Crippen LogP contribution >= 0.6 is 0 Å². The number of nitrogens with zero attached hydrogens (tertiary/aromatic N) is 2. The van der Waals surface area contributed by atoms with E-state index in [0.717, 1.165) is 6.42 Å². The Hall–Kier alpha value is -1.32. The average Bonchev–Trinajstić information content (AvgIpc) is 2.43. The lowest BCUT2D eigenvalue weighted by molar-refractivity contribution is -0.170. The number of likely N-dealkylation sites (tertiary alicyclic amines) is 2. The summed E-state index contributed by atoms with van der Waals surface area (Å²) < 4.78 is 27.8. The van der Waals surface area contributed by atoms with E-state index < -0.39 is 36.4 Å². The first kappa shape index (κ1) is 18.0. The largest absolute Gasteiger partial charge is 0.370 e. The third-order valence-electron chi connectivity index (χ3n) is 4.71. The summed E-state index contributed by atoms with van der Waals surface area (Å²) in [6.07, 6.45) is 1.05. The maximum Gasteiger partial charge on any atom is 0.260 e. The molecule has 2 rings (SSSR count). The lowest BCUT2D eigenvalue weighted by Crippen LogP contribution is -2.73. The molecule has 132 valence electrons. The predicted octanol–water partition coefficient (Wildman–Crippen LogP) is -0.802.